The van der Waals surface area contributed by atoms with Gasteiger partial charge in [0.1, 0.15) is 0 Å². The van der Waals surface area contributed by atoms with Gasteiger partial charge in [-0.15, -0.1) is 0 Å². The lowest BCUT2D eigenvalue weighted by Crippen LogP contribution is -2.55. The number of piperidine rings is 1. The molecule has 2 fully saturated rings. The van der Waals surface area contributed by atoms with Gasteiger partial charge in [0.15, 0.2) is 9.84 Å². The molecule has 2 atom stereocenters. The van der Waals surface area contributed by atoms with E-state index < -0.39 is 9.84 Å². The van der Waals surface area contributed by atoms with Crippen molar-refractivity contribution >= 4 is 15.7 Å². The molecule has 0 aromatic heterocycles. The maximum atomic E-state index is 12.1. The average Bonchev–Trinajstić information content (AvgIpc) is 2.62. The van der Waals surface area contributed by atoms with E-state index in [0.717, 1.165) is 19.5 Å². The maximum Gasteiger partial charge on any atom is 0.224 e. The van der Waals surface area contributed by atoms with Gasteiger partial charge in [-0.1, -0.05) is 13.8 Å². The predicted molar refractivity (Wildman–Crippen MR) is 70.0 cm³/mol. The van der Waals surface area contributed by atoms with E-state index in [1.807, 2.05) is 0 Å². The second-order valence-electron chi connectivity index (χ2n) is 6.12. The first-order chi connectivity index (χ1) is 8.30. The van der Waals surface area contributed by atoms with Crippen LogP contribution in [-0.4, -0.2) is 45.0 Å². The van der Waals surface area contributed by atoms with E-state index in [1.165, 1.54) is 0 Å². The molecule has 0 bridgehead atoms. The van der Waals surface area contributed by atoms with Crippen molar-refractivity contribution in [3.05, 3.63) is 0 Å². The van der Waals surface area contributed by atoms with Gasteiger partial charge in [0.25, 0.3) is 0 Å². The van der Waals surface area contributed by atoms with Gasteiger partial charge in [-0.2, -0.15) is 0 Å². The van der Waals surface area contributed by atoms with Crippen LogP contribution in [0, 0.1) is 11.3 Å². The second-order valence-corrected chi connectivity index (χ2v) is 8.34. The number of rotatable bonds is 2. The van der Waals surface area contributed by atoms with Crippen LogP contribution in [0.4, 0.5) is 0 Å². The molecule has 1 amide bonds. The van der Waals surface area contributed by atoms with E-state index >= 15 is 0 Å². The predicted octanol–water partition coefficient (Wildman–Crippen LogP) is -0.0746. The van der Waals surface area contributed by atoms with Crippen LogP contribution in [0.3, 0.4) is 0 Å². The minimum atomic E-state index is -2.98. The standard InChI is InChI=1S/C12H22N2O3S/c1-12(2)8-13-5-3-10(12)14-11(15)9-4-6-18(16,17)7-9/h9-10,13H,3-8H2,1-2H3,(H,14,15). The molecule has 0 saturated carbocycles. The quantitative estimate of drug-likeness (QED) is 0.739. The topological polar surface area (TPSA) is 75.3 Å². The molecule has 2 heterocycles. The normalized spacial score (nSPS) is 34.1. The molecule has 2 N–H and O–H groups in total. The van der Waals surface area contributed by atoms with Gasteiger partial charge in [0.2, 0.25) is 5.91 Å². The first-order valence-electron chi connectivity index (χ1n) is 6.52. The zero-order valence-corrected chi connectivity index (χ0v) is 11.8. The summed E-state index contributed by atoms with van der Waals surface area (Å²) >= 11 is 0. The summed E-state index contributed by atoms with van der Waals surface area (Å²) in [4.78, 5) is 12.1. The van der Waals surface area contributed by atoms with E-state index in [-0.39, 0.29) is 34.8 Å². The summed E-state index contributed by atoms with van der Waals surface area (Å²) in [5, 5.41) is 6.36. The minimum absolute atomic E-state index is 0.0181. The van der Waals surface area contributed by atoms with Gasteiger partial charge >= 0.3 is 0 Å². The summed E-state index contributed by atoms with van der Waals surface area (Å²) in [5.74, 6) is -0.262. The number of sulfone groups is 1. The van der Waals surface area contributed by atoms with Crippen LogP contribution in [-0.2, 0) is 14.6 Å². The van der Waals surface area contributed by atoms with Crippen molar-refractivity contribution in [1.29, 1.82) is 0 Å². The molecule has 0 radical (unpaired) electrons. The summed E-state index contributed by atoms with van der Waals surface area (Å²) in [6.07, 6.45) is 1.37. The van der Waals surface area contributed by atoms with Crippen LogP contribution < -0.4 is 10.6 Å². The molecule has 18 heavy (non-hydrogen) atoms. The first kappa shape index (κ1) is 13.8. The van der Waals surface area contributed by atoms with E-state index in [2.05, 4.69) is 24.5 Å². The molecular weight excluding hydrogens is 252 g/mol. The van der Waals surface area contributed by atoms with E-state index in [4.69, 9.17) is 0 Å². The number of carbonyl (C=O) groups is 1. The zero-order chi connectivity index (χ0) is 13.4. The van der Waals surface area contributed by atoms with E-state index in [9.17, 15) is 13.2 Å². The number of amides is 1. The summed E-state index contributed by atoms with van der Waals surface area (Å²) in [6, 6.07) is 0.134. The Kier molecular flexibility index (Phi) is 3.69. The largest absolute Gasteiger partial charge is 0.352 e. The van der Waals surface area contributed by atoms with Crippen LogP contribution in [0.15, 0.2) is 0 Å². The van der Waals surface area contributed by atoms with Gasteiger partial charge in [-0.3, -0.25) is 4.79 Å². The Morgan fingerprint density at radius 2 is 2.06 bits per heavy atom. The second kappa shape index (κ2) is 4.81. The monoisotopic (exact) mass is 274 g/mol. The summed E-state index contributed by atoms with van der Waals surface area (Å²) in [7, 11) is -2.98. The van der Waals surface area contributed by atoms with Crippen LogP contribution in [0.5, 0.6) is 0 Å². The smallest absolute Gasteiger partial charge is 0.224 e. The zero-order valence-electron chi connectivity index (χ0n) is 11.0. The Balaban J connectivity index is 1.95. The van der Waals surface area contributed by atoms with Gasteiger partial charge in [0.05, 0.1) is 17.4 Å². The van der Waals surface area contributed by atoms with E-state index in [0.29, 0.717) is 6.42 Å². The lowest BCUT2D eigenvalue weighted by atomic mass is 9.80. The van der Waals surface area contributed by atoms with Crippen molar-refractivity contribution in [2.45, 2.75) is 32.7 Å². The number of carbonyl (C=O) groups excluding carboxylic acids is 1. The average molecular weight is 274 g/mol. The molecule has 2 saturated heterocycles. The Hall–Kier alpha value is -0.620. The van der Waals surface area contributed by atoms with Crippen LogP contribution >= 0.6 is 0 Å². The Bertz CT molecular complexity index is 431. The van der Waals surface area contributed by atoms with Crippen LogP contribution in [0.1, 0.15) is 26.7 Å². The van der Waals surface area contributed by atoms with Crippen LogP contribution in [0.2, 0.25) is 0 Å². The molecule has 2 aliphatic heterocycles. The number of hydrogen-bond donors (Lipinski definition) is 2. The fourth-order valence-electron chi connectivity index (χ4n) is 2.73. The summed E-state index contributed by atoms with van der Waals surface area (Å²) < 4.78 is 22.7. The molecule has 6 heteroatoms. The highest BCUT2D eigenvalue weighted by Gasteiger charge is 2.37. The molecule has 0 spiro atoms. The van der Waals surface area contributed by atoms with E-state index in [1.54, 1.807) is 0 Å². The van der Waals surface area contributed by atoms with Crippen molar-refractivity contribution < 1.29 is 13.2 Å². The molecular formula is C12H22N2O3S. The highest BCUT2D eigenvalue weighted by Crippen LogP contribution is 2.26. The van der Waals surface area contributed by atoms with Crippen molar-refractivity contribution in [3.63, 3.8) is 0 Å². The van der Waals surface area contributed by atoms with Gasteiger partial charge in [-0.25, -0.2) is 8.42 Å². The molecule has 2 unspecified atom stereocenters. The third-order valence-corrected chi connectivity index (χ3v) is 5.82. The first-order valence-corrected chi connectivity index (χ1v) is 8.34. The summed E-state index contributed by atoms with van der Waals surface area (Å²) in [5.41, 5.74) is 0.0192. The molecule has 2 aliphatic rings. The maximum absolute atomic E-state index is 12.1. The molecule has 0 aromatic carbocycles. The third kappa shape index (κ3) is 3.03. The number of nitrogens with one attached hydrogen (secondary N) is 2. The van der Waals surface area contributed by atoms with Crippen molar-refractivity contribution in [2.75, 3.05) is 24.6 Å². The molecule has 5 nitrogen and oxygen atoms in total. The third-order valence-electron chi connectivity index (χ3n) is 4.05. The van der Waals surface area contributed by atoms with Gasteiger partial charge in [-0.05, 0) is 24.8 Å². The molecule has 0 aromatic rings. The van der Waals surface area contributed by atoms with Crippen molar-refractivity contribution in [3.8, 4) is 0 Å². The Morgan fingerprint density at radius 3 is 2.61 bits per heavy atom. The fraction of sp³-hybridized carbons (Fsp3) is 0.917. The molecule has 0 aliphatic carbocycles. The fourth-order valence-corrected chi connectivity index (χ4v) is 4.47. The molecule has 104 valence electrons. The summed E-state index contributed by atoms with van der Waals surface area (Å²) in [6.45, 7) is 6.02. The minimum Gasteiger partial charge on any atom is -0.352 e. The van der Waals surface area contributed by atoms with Crippen molar-refractivity contribution in [1.82, 2.24) is 10.6 Å². The van der Waals surface area contributed by atoms with Crippen molar-refractivity contribution in [2.24, 2.45) is 11.3 Å². The lowest BCUT2D eigenvalue weighted by molar-refractivity contribution is -0.126. The highest BCUT2D eigenvalue weighted by molar-refractivity contribution is 7.91. The Labute approximate surface area is 109 Å². The highest BCUT2D eigenvalue weighted by atomic mass is 32.2. The lowest BCUT2D eigenvalue weighted by Gasteiger charge is -2.39. The van der Waals surface area contributed by atoms with Crippen LogP contribution in [0.25, 0.3) is 0 Å². The molecule has 2 rings (SSSR count). The SMILES string of the molecule is CC1(C)CNCCC1NC(=O)C1CCS(=O)(=O)C1. The Morgan fingerprint density at radius 1 is 1.33 bits per heavy atom. The van der Waals surface area contributed by atoms with Gasteiger partial charge < -0.3 is 10.6 Å². The van der Waals surface area contributed by atoms with Gasteiger partial charge in [0, 0.05) is 12.6 Å². The number of hydrogen-bond acceptors (Lipinski definition) is 4.